The number of carboxylic acid groups (broad SMARTS) is 1. The number of nitrogens with zero attached hydrogens (tertiary/aromatic N) is 5. The molecule has 0 unspecified atom stereocenters. The van der Waals surface area contributed by atoms with Gasteiger partial charge in [-0.05, 0) is 0 Å². The molecule has 0 fully saturated rings. The molecule has 0 aliphatic carbocycles. The molecule has 0 radical (unpaired) electrons. The van der Waals surface area contributed by atoms with Crippen LogP contribution >= 0.6 is 11.8 Å². The van der Waals surface area contributed by atoms with Crippen LogP contribution in [0.4, 0.5) is 5.95 Å². The summed E-state index contributed by atoms with van der Waals surface area (Å²) in [7, 11) is 1.77. The van der Waals surface area contributed by atoms with Crippen molar-refractivity contribution in [2.75, 3.05) is 11.5 Å². The van der Waals surface area contributed by atoms with E-state index in [4.69, 9.17) is 10.8 Å². The maximum absolute atomic E-state index is 10.5. The van der Waals surface area contributed by atoms with E-state index >= 15 is 0 Å². The number of aromatic nitrogens is 5. The molecule has 0 saturated carbocycles. The molecular weight excluding hydrogens is 244 g/mol. The molecule has 0 aliphatic rings. The number of nitrogens with two attached hydrogens (primary N) is 1. The number of rotatable bonds is 4. The number of aryl methyl sites for hydroxylation is 1. The molecule has 0 atom stereocenters. The summed E-state index contributed by atoms with van der Waals surface area (Å²) < 4.78 is 3.12. The van der Waals surface area contributed by atoms with Crippen molar-refractivity contribution in [2.45, 2.75) is 5.16 Å². The lowest BCUT2D eigenvalue weighted by molar-refractivity contribution is -0.133. The summed E-state index contributed by atoms with van der Waals surface area (Å²) in [6.45, 7) is 0. The van der Waals surface area contributed by atoms with Gasteiger partial charge >= 0.3 is 5.97 Å². The molecule has 8 nitrogen and oxygen atoms in total. The molecule has 0 aromatic carbocycles. The lowest BCUT2D eigenvalue weighted by Gasteiger charge is -2.02. The van der Waals surface area contributed by atoms with E-state index in [-0.39, 0.29) is 11.7 Å². The summed E-state index contributed by atoms with van der Waals surface area (Å²) in [6.07, 6.45) is 1.75. The summed E-state index contributed by atoms with van der Waals surface area (Å²) in [6, 6.07) is 1.74. The van der Waals surface area contributed by atoms with E-state index in [2.05, 4.69) is 15.3 Å². The topological polar surface area (TPSA) is 112 Å². The van der Waals surface area contributed by atoms with Gasteiger partial charge < -0.3 is 10.8 Å². The van der Waals surface area contributed by atoms with Crippen LogP contribution < -0.4 is 5.73 Å². The second-order valence-electron chi connectivity index (χ2n) is 3.21. The van der Waals surface area contributed by atoms with Crippen molar-refractivity contribution < 1.29 is 9.90 Å². The first-order chi connectivity index (χ1) is 8.08. The molecule has 90 valence electrons. The minimum Gasteiger partial charge on any atom is -0.481 e. The van der Waals surface area contributed by atoms with Crippen molar-refractivity contribution in [2.24, 2.45) is 7.05 Å². The number of anilines is 1. The molecule has 0 aliphatic heterocycles. The highest BCUT2D eigenvalue weighted by atomic mass is 32.2. The Kier molecular flexibility index (Phi) is 3.00. The molecule has 2 rings (SSSR count). The van der Waals surface area contributed by atoms with Crippen molar-refractivity contribution in [1.29, 1.82) is 0 Å². The van der Waals surface area contributed by atoms with Gasteiger partial charge in [0.1, 0.15) is 0 Å². The van der Waals surface area contributed by atoms with Gasteiger partial charge in [-0.15, -0.1) is 10.2 Å². The van der Waals surface area contributed by atoms with Crippen LogP contribution in [0.5, 0.6) is 0 Å². The highest BCUT2D eigenvalue weighted by molar-refractivity contribution is 7.99. The smallest absolute Gasteiger partial charge is 0.313 e. The number of hydrogen-bond acceptors (Lipinski definition) is 6. The van der Waals surface area contributed by atoms with Gasteiger partial charge in [-0.25, -0.2) is 4.57 Å². The van der Waals surface area contributed by atoms with E-state index in [9.17, 15) is 4.79 Å². The van der Waals surface area contributed by atoms with Gasteiger partial charge in [0.2, 0.25) is 5.95 Å². The Morgan fingerprint density at radius 1 is 1.59 bits per heavy atom. The van der Waals surface area contributed by atoms with E-state index in [1.807, 2.05) is 0 Å². The van der Waals surface area contributed by atoms with Crippen molar-refractivity contribution in [3.63, 3.8) is 0 Å². The van der Waals surface area contributed by atoms with Gasteiger partial charge in [0.05, 0.1) is 5.75 Å². The van der Waals surface area contributed by atoms with Crippen LogP contribution in [0.15, 0.2) is 17.4 Å². The molecule has 2 heterocycles. The molecular formula is C8H10N6O2S. The largest absolute Gasteiger partial charge is 0.481 e. The summed E-state index contributed by atoms with van der Waals surface area (Å²) in [5.41, 5.74) is 5.67. The summed E-state index contributed by atoms with van der Waals surface area (Å²) in [4.78, 5) is 10.5. The summed E-state index contributed by atoms with van der Waals surface area (Å²) in [5.74, 6) is -0.297. The monoisotopic (exact) mass is 254 g/mol. The average Bonchev–Trinajstić information content (AvgIpc) is 2.82. The highest BCUT2D eigenvalue weighted by Gasteiger charge is 2.14. The van der Waals surface area contributed by atoms with Gasteiger partial charge in [0.25, 0.3) is 0 Å². The number of thioether (sulfide) groups is 1. The Bertz CT molecular complexity index is 548. The summed E-state index contributed by atoms with van der Waals surface area (Å²) >= 11 is 1.04. The lowest BCUT2D eigenvalue weighted by Crippen LogP contribution is -2.05. The van der Waals surface area contributed by atoms with Gasteiger partial charge in [-0.3, -0.25) is 9.48 Å². The fraction of sp³-hybridized carbons (Fsp3) is 0.250. The van der Waals surface area contributed by atoms with E-state index in [1.165, 1.54) is 4.57 Å². The SMILES string of the molecule is Cn1ccc(-n2c(N)nnc2SCC(=O)O)n1. The average molecular weight is 254 g/mol. The predicted molar refractivity (Wildman–Crippen MR) is 60.9 cm³/mol. The Morgan fingerprint density at radius 2 is 2.35 bits per heavy atom. The van der Waals surface area contributed by atoms with Crippen molar-refractivity contribution in [1.82, 2.24) is 24.5 Å². The zero-order valence-corrected chi connectivity index (χ0v) is 9.76. The quantitative estimate of drug-likeness (QED) is 0.724. The molecule has 0 amide bonds. The predicted octanol–water partition coefficient (Wildman–Crippen LogP) is -0.240. The standard InChI is InChI=1S/C8H10N6O2S/c1-13-3-2-5(12-13)14-7(9)10-11-8(14)17-4-6(15)16/h2-3H,4H2,1H3,(H2,9,10)(H,15,16). The summed E-state index contributed by atoms with van der Waals surface area (Å²) in [5, 5.41) is 20.7. The normalized spacial score (nSPS) is 10.6. The third kappa shape index (κ3) is 2.38. The van der Waals surface area contributed by atoms with Crippen LogP contribution in [0.1, 0.15) is 0 Å². The second-order valence-corrected chi connectivity index (χ2v) is 4.15. The zero-order chi connectivity index (χ0) is 12.4. The minimum absolute atomic E-state index is 0.106. The third-order valence-corrected chi connectivity index (χ3v) is 2.83. The van der Waals surface area contributed by atoms with Crippen LogP contribution in [-0.4, -0.2) is 41.4 Å². The van der Waals surface area contributed by atoms with Crippen LogP contribution in [-0.2, 0) is 11.8 Å². The Labute approximate surface area is 100 Å². The van der Waals surface area contributed by atoms with Crippen LogP contribution in [0.25, 0.3) is 5.82 Å². The second kappa shape index (κ2) is 4.45. The molecule has 17 heavy (non-hydrogen) atoms. The maximum Gasteiger partial charge on any atom is 0.313 e. The Hall–Kier alpha value is -2.03. The Morgan fingerprint density at radius 3 is 2.94 bits per heavy atom. The fourth-order valence-corrected chi connectivity index (χ4v) is 1.91. The van der Waals surface area contributed by atoms with Gasteiger partial charge in [-0.1, -0.05) is 11.8 Å². The molecule has 9 heteroatoms. The first kappa shape index (κ1) is 11.5. The van der Waals surface area contributed by atoms with E-state index in [1.54, 1.807) is 24.0 Å². The highest BCUT2D eigenvalue weighted by Crippen LogP contribution is 2.21. The fourth-order valence-electron chi connectivity index (χ4n) is 1.24. The van der Waals surface area contributed by atoms with E-state index in [0.717, 1.165) is 11.8 Å². The van der Waals surface area contributed by atoms with Crippen molar-refractivity contribution >= 4 is 23.7 Å². The van der Waals surface area contributed by atoms with Gasteiger partial charge in [-0.2, -0.15) is 5.10 Å². The number of carbonyl (C=O) groups is 1. The number of hydrogen-bond donors (Lipinski definition) is 2. The van der Waals surface area contributed by atoms with Gasteiger partial charge in [0.15, 0.2) is 11.0 Å². The number of carboxylic acids is 1. The lowest BCUT2D eigenvalue weighted by atomic mass is 10.6. The van der Waals surface area contributed by atoms with Crippen LogP contribution in [0.2, 0.25) is 0 Å². The molecule has 2 aromatic heterocycles. The van der Waals surface area contributed by atoms with E-state index < -0.39 is 5.97 Å². The van der Waals surface area contributed by atoms with Crippen molar-refractivity contribution in [3.8, 4) is 5.82 Å². The van der Waals surface area contributed by atoms with Gasteiger partial charge in [0, 0.05) is 19.3 Å². The van der Waals surface area contributed by atoms with Crippen LogP contribution in [0.3, 0.4) is 0 Å². The Balaban J connectivity index is 2.32. The van der Waals surface area contributed by atoms with Crippen LogP contribution in [0, 0.1) is 0 Å². The minimum atomic E-state index is -0.927. The zero-order valence-electron chi connectivity index (χ0n) is 8.94. The molecule has 3 N–H and O–H groups in total. The maximum atomic E-state index is 10.5. The van der Waals surface area contributed by atoms with E-state index in [0.29, 0.717) is 11.0 Å². The third-order valence-electron chi connectivity index (χ3n) is 1.91. The van der Waals surface area contributed by atoms with Crippen molar-refractivity contribution in [3.05, 3.63) is 12.3 Å². The molecule has 0 bridgehead atoms. The number of aliphatic carboxylic acids is 1. The molecule has 0 spiro atoms. The first-order valence-electron chi connectivity index (χ1n) is 4.63. The molecule has 0 saturated heterocycles. The first-order valence-corrected chi connectivity index (χ1v) is 5.62. The molecule has 2 aromatic rings. The number of nitrogen functional groups attached to an aromatic ring is 1.